The highest BCUT2D eigenvalue weighted by molar-refractivity contribution is 5.22. The van der Waals surface area contributed by atoms with E-state index in [1.54, 1.807) is 0 Å². The number of benzene rings is 1. The van der Waals surface area contributed by atoms with E-state index in [4.69, 9.17) is 10.8 Å². The Morgan fingerprint density at radius 1 is 1.25 bits per heavy atom. The van der Waals surface area contributed by atoms with Gasteiger partial charge in [-0.25, -0.2) is 0 Å². The van der Waals surface area contributed by atoms with Crippen LogP contribution in [0, 0.1) is 0 Å². The highest BCUT2D eigenvalue weighted by atomic mass is 16.3. The van der Waals surface area contributed by atoms with Crippen molar-refractivity contribution in [2.45, 2.75) is 32.4 Å². The van der Waals surface area contributed by atoms with Gasteiger partial charge in [0, 0.05) is 19.1 Å². The number of aliphatic hydroxyl groups excluding tert-OH is 1. The summed E-state index contributed by atoms with van der Waals surface area (Å²) in [7, 11) is 0. The van der Waals surface area contributed by atoms with Crippen LogP contribution in [0.2, 0.25) is 0 Å². The van der Waals surface area contributed by atoms with Crippen molar-refractivity contribution in [3.8, 4) is 0 Å². The monoisotopic (exact) mass is 222 g/mol. The summed E-state index contributed by atoms with van der Waals surface area (Å²) in [5.41, 5.74) is 8.23. The number of aryl methyl sites for hydroxylation is 1. The van der Waals surface area contributed by atoms with Crippen molar-refractivity contribution >= 4 is 0 Å². The third-order valence-electron chi connectivity index (χ3n) is 2.53. The van der Waals surface area contributed by atoms with Crippen molar-refractivity contribution in [1.29, 1.82) is 0 Å². The van der Waals surface area contributed by atoms with Crippen molar-refractivity contribution in [3.63, 3.8) is 0 Å². The molecular formula is C13H22N2O. The van der Waals surface area contributed by atoms with Crippen LogP contribution in [0.25, 0.3) is 0 Å². The van der Waals surface area contributed by atoms with Gasteiger partial charge in [0.2, 0.25) is 0 Å². The van der Waals surface area contributed by atoms with Gasteiger partial charge in [-0.2, -0.15) is 0 Å². The van der Waals surface area contributed by atoms with Gasteiger partial charge >= 0.3 is 0 Å². The molecular weight excluding hydrogens is 200 g/mol. The molecule has 1 rings (SSSR count). The third kappa shape index (κ3) is 4.75. The largest absolute Gasteiger partial charge is 0.395 e. The number of aliphatic hydroxyl groups is 1. The lowest BCUT2D eigenvalue weighted by atomic mass is 10.1. The molecule has 0 amide bonds. The minimum Gasteiger partial charge on any atom is -0.395 e. The second kappa shape index (κ2) is 7.39. The highest BCUT2D eigenvalue weighted by Crippen LogP contribution is 2.06. The van der Waals surface area contributed by atoms with E-state index < -0.39 is 0 Å². The van der Waals surface area contributed by atoms with Crippen LogP contribution in [0.3, 0.4) is 0 Å². The maximum absolute atomic E-state index is 8.76. The van der Waals surface area contributed by atoms with Gasteiger partial charge in [-0.1, -0.05) is 37.6 Å². The maximum Gasteiger partial charge on any atom is 0.0594 e. The molecule has 0 aliphatic carbocycles. The minimum atomic E-state index is -0.167. The Bertz CT molecular complexity index is 284. The van der Waals surface area contributed by atoms with Gasteiger partial charge in [0.05, 0.1) is 6.61 Å². The molecule has 3 nitrogen and oxygen atoms in total. The summed E-state index contributed by atoms with van der Waals surface area (Å²) in [5, 5.41) is 12.0. The number of hydrogen-bond acceptors (Lipinski definition) is 3. The van der Waals surface area contributed by atoms with E-state index in [9.17, 15) is 0 Å². The topological polar surface area (TPSA) is 58.3 Å². The molecule has 0 radical (unpaired) electrons. The minimum absolute atomic E-state index is 0.0302. The molecule has 0 saturated heterocycles. The predicted octanol–water partition coefficient (Wildman–Crippen LogP) is 1.05. The fourth-order valence-corrected chi connectivity index (χ4v) is 1.58. The summed E-state index contributed by atoms with van der Waals surface area (Å²) in [6.45, 7) is 3.67. The zero-order valence-corrected chi connectivity index (χ0v) is 9.95. The normalized spacial score (nSPS) is 12.7. The van der Waals surface area contributed by atoms with Crippen molar-refractivity contribution in [2.75, 3.05) is 13.2 Å². The van der Waals surface area contributed by atoms with Gasteiger partial charge < -0.3 is 16.2 Å². The Hall–Kier alpha value is -0.900. The zero-order valence-electron chi connectivity index (χ0n) is 9.95. The maximum atomic E-state index is 8.76. The molecule has 1 atom stereocenters. The molecule has 4 N–H and O–H groups in total. The van der Waals surface area contributed by atoms with E-state index >= 15 is 0 Å². The second-order valence-electron chi connectivity index (χ2n) is 4.14. The molecule has 0 aliphatic heterocycles. The summed E-state index contributed by atoms with van der Waals surface area (Å²) in [6, 6.07) is 8.46. The van der Waals surface area contributed by atoms with E-state index in [-0.39, 0.29) is 12.6 Å². The molecule has 0 bridgehead atoms. The first-order valence-corrected chi connectivity index (χ1v) is 5.91. The highest BCUT2D eigenvalue weighted by Gasteiger charge is 1.99. The van der Waals surface area contributed by atoms with Crippen LogP contribution in [0.15, 0.2) is 24.3 Å². The van der Waals surface area contributed by atoms with Crippen LogP contribution in [0.1, 0.15) is 24.5 Å². The number of nitrogens with two attached hydrogens (primary N) is 1. The summed E-state index contributed by atoms with van der Waals surface area (Å²) in [6.07, 6.45) is 2.33. The molecule has 3 heteroatoms. The summed E-state index contributed by atoms with van der Waals surface area (Å²) in [5.74, 6) is 0. The van der Waals surface area contributed by atoms with Gasteiger partial charge in [0.15, 0.2) is 0 Å². The Balaban J connectivity index is 2.31. The Labute approximate surface area is 97.7 Å². The summed E-state index contributed by atoms with van der Waals surface area (Å²) < 4.78 is 0. The first-order valence-electron chi connectivity index (χ1n) is 5.91. The van der Waals surface area contributed by atoms with E-state index in [2.05, 4.69) is 36.5 Å². The van der Waals surface area contributed by atoms with Crippen LogP contribution in [0.4, 0.5) is 0 Å². The molecule has 0 heterocycles. The Kier molecular flexibility index (Phi) is 6.08. The molecule has 0 aromatic heterocycles. The third-order valence-corrected chi connectivity index (χ3v) is 2.53. The fourth-order valence-electron chi connectivity index (χ4n) is 1.58. The molecule has 0 fully saturated rings. The molecule has 1 unspecified atom stereocenters. The van der Waals surface area contributed by atoms with E-state index in [0.29, 0.717) is 6.54 Å². The van der Waals surface area contributed by atoms with Crippen LogP contribution in [0.5, 0.6) is 0 Å². The van der Waals surface area contributed by atoms with Gasteiger partial charge in [-0.05, 0) is 17.5 Å². The van der Waals surface area contributed by atoms with E-state index in [0.717, 1.165) is 13.0 Å². The van der Waals surface area contributed by atoms with Gasteiger partial charge in [0.1, 0.15) is 0 Å². The lowest BCUT2D eigenvalue weighted by Gasteiger charge is -2.10. The Morgan fingerprint density at radius 3 is 2.44 bits per heavy atom. The summed E-state index contributed by atoms with van der Waals surface area (Å²) in [4.78, 5) is 0. The predicted molar refractivity (Wildman–Crippen MR) is 67.2 cm³/mol. The smallest absolute Gasteiger partial charge is 0.0594 e. The fraction of sp³-hybridized carbons (Fsp3) is 0.538. The number of nitrogens with one attached hydrogen (secondary N) is 1. The average Bonchev–Trinajstić information content (AvgIpc) is 2.31. The lowest BCUT2D eigenvalue weighted by molar-refractivity contribution is 0.262. The van der Waals surface area contributed by atoms with Crippen LogP contribution >= 0.6 is 0 Å². The van der Waals surface area contributed by atoms with Crippen molar-refractivity contribution in [2.24, 2.45) is 5.73 Å². The van der Waals surface area contributed by atoms with Gasteiger partial charge in [-0.15, -0.1) is 0 Å². The molecule has 90 valence electrons. The molecule has 1 aromatic carbocycles. The standard InChI is InChI=1S/C13H22N2O/c1-2-3-11-4-6-12(7-5-11)8-15-9-13(14)10-16/h4-7,13,15-16H,2-3,8-10,14H2,1H3. The zero-order chi connectivity index (χ0) is 11.8. The van der Waals surface area contributed by atoms with Gasteiger partial charge in [0.25, 0.3) is 0 Å². The first kappa shape index (κ1) is 13.2. The molecule has 0 aliphatic rings. The van der Waals surface area contributed by atoms with E-state index in [1.165, 1.54) is 17.5 Å². The summed E-state index contributed by atoms with van der Waals surface area (Å²) >= 11 is 0. The van der Waals surface area contributed by atoms with Crippen molar-refractivity contribution in [3.05, 3.63) is 35.4 Å². The van der Waals surface area contributed by atoms with Crippen LogP contribution < -0.4 is 11.1 Å². The van der Waals surface area contributed by atoms with Crippen molar-refractivity contribution < 1.29 is 5.11 Å². The number of hydrogen-bond donors (Lipinski definition) is 3. The van der Waals surface area contributed by atoms with Crippen LogP contribution in [-0.4, -0.2) is 24.3 Å². The van der Waals surface area contributed by atoms with Crippen LogP contribution in [-0.2, 0) is 13.0 Å². The average molecular weight is 222 g/mol. The van der Waals surface area contributed by atoms with Gasteiger partial charge in [-0.3, -0.25) is 0 Å². The lowest BCUT2D eigenvalue weighted by Crippen LogP contribution is -2.36. The SMILES string of the molecule is CCCc1ccc(CNCC(N)CO)cc1. The second-order valence-corrected chi connectivity index (χ2v) is 4.14. The first-order chi connectivity index (χ1) is 7.76. The molecule has 0 saturated carbocycles. The molecule has 16 heavy (non-hydrogen) atoms. The van der Waals surface area contributed by atoms with Crippen molar-refractivity contribution in [1.82, 2.24) is 5.32 Å². The molecule has 1 aromatic rings. The molecule has 0 spiro atoms. The quantitative estimate of drug-likeness (QED) is 0.646. The Morgan fingerprint density at radius 2 is 1.88 bits per heavy atom. The van der Waals surface area contributed by atoms with E-state index in [1.807, 2.05) is 0 Å². The number of rotatable bonds is 7.